The molecule has 0 saturated carbocycles. The standard InChI is InChI=1S/C18H21FN4O2/c1-10-6-4-7-13(16(10)19)20-17(24)18(25)23-9-5-8-14(23)15-11(2)21-22-12(15)3/h4,6-7,14H,5,8-9H2,1-3H3,(H,20,24)(H,21,22)/t14-/m1/s1. The highest BCUT2D eigenvalue weighted by atomic mass is 19.1. The summed E-state index contributed by atoms with van der Waals surface area (Å²) in [5, 5.41) is 9.49. The Morgan fingerprint density at radius 3 is 2.76 bits per heavy atom. The Hall–Kier alpha value is -2.70. The van der Waals surface area contributed by atoms with Crippen LogP contribution in [-0.4, -0.2) is 33.5 Å². The van der Waals surface area contributed by atoms with Gasteiger partial charge in [-0.15, -0.1) is 0 Å². The van der Waals surface area contributed by atoms with Crippen molar-refractivity contribution in [3.63, 3.8) is 0 Å². The third-order valence-corrected chi connectivity index (χ3v) is 4.67. The van der Waals surface area contributed by atoms with Gasteiger partial charge in [0, 0.05) is 17.8 Å². The highest BCUT2D eigenvalue weighted by Gasteiger charge is 2.36. The number of halogens is 1. The summed E-state index contributed by atoms with van der Waals surface area (Å²) in [5.74, 6) is -2.00. The lowest BCUT2D eigenvalue weighted by atomic mass is 10.0. The van der Waals surface area contributed by atoms with E-state index in [1.807, 2.05) is 13.8 Å². The van der Waals surface area contributed by atoms with E-state index in [-0.39, 0.29) is 11.7 Å². The topological polar surface area (TPSA) is 78.1 Å². The first-order valence-corrected chi connectivity index (χ1v) is 8.28. The maximum atomic E-state index is 14.1. The Bertz CT molecular complexity index is 811. The van der Waals surface area contributed by atoms with Crippen LogP contribution < -0.4 is 5.32 Å². The van der Waals surface area contributed by atoms with Crippen LogP contribution in [-0.2, 0) is 9.59 Å². The fourth-order valence-corrected chi connectivity index (χ4v) is 3.41. The van der Waals surface area contributed by atoms with E-state index < -0.39 is 17.6 Å². The van der Waals surface area contributed by atoms with Crippen LogP contribution in [0.25, 0.3) is 0 Å². The molecule has 2 N–H and O–H groups in total. The molecule has 1 atom stereocenters. The van der Waals surface area contributed by atoms with Gasteiger partial charge < -0.3 is 10.2 Å². The van der Waals surface area contributed by atoms with Gasteiger partial charge in [0.05, 0.1) is 17.4 Å². The molecule has 0 unspecified atom stereocenters. The zero-order valence-corrected chi connectivity index (χ0v) is 14.5. The first-order valence-electron chi connectivity index (χ1n) is 8.28. The van der Waals surface area contributed by atoms with Gasteiger partial charge in [0.25, 0.3) is 0 Å². The summed E-state index contributed by atoms with van der Waals surface area (Å²) in [4.78, 5) is 26.5. The minimum absolute atomic E-state index is 0.0183. The van der Waals surface area contributed by atoms with Gasteiger partial charge in [0.2, 0.25) is 0 Å². The zero-order valence-electron chi connectivity index (χ0n) is 14.5. The molecule has 0 radical (unpaired) electrons. The van der Waals surface area contributed by atoms with Crippen LogP contribution in [0.3, 0.4) is 0 Å². The molecule has 2 aromatic rings. The lowest BCUT2D eigenvalue weighted by Crippen LogP contribution is -2.39. The number of nitrogens with zero attached hydrogens (tertiary/aromatic N) is 2. The van der Waals surface area contributed by atoms with Gasteiger partial charge in [0.15, 0.2) is 0 Å². The van der Waals surface area contributed by atoms with Crippen LogP contribution in [0, 0.1) is 26.6 Å². The van der Waals surface area contributed by atoms with Gasteiger partial charge >= 0.3 is 11.8 Å². The SMILES string of the molecule is Cc1cccc(NC(=O)C(=O)N2CCC[C@@H]2c2c(C)n[nH]c2C)c1F. The number of carbonyl (C=O) groups is 2. The van der Waals surface area contributed by atoms with Gasteiger partial charge in [0.1, 0.15) is 5.82 Å². The maximum Gasteiger partial charge on any atom is 0.314 e. The van der Waals surface area contributed by atoms with Crippen LogP contribution in [0.15, 0.2) is 18.2 Å². The number of hydrogen-bond donors (Lipinski definition) is 2. The van der Waals surface area contributed by atoms with E-state index in [1.165, 1.54) is 6.07 Å². The van der Waals surface area contributed by atoms with E-state index in [0.717, 1.165) is 29.8 Å². The predicted octanol–water partition coefficient (Wildman–Crippen LogP) is 2.78. The molecule has 1 saturated heterocycles. The summed E-state index contributed by atoms with van der Waals surface area (Å²) in [6, 6.07) is 4.50. The maximum absolute atomic E-state index is 14.1. The largest absolute Gasteiger partial charge is 0.327 e. The first kappa shape index (κ1) is 17.1. The summed E-state index contributed by atoms with van der Waals surface area (Å²) in [5.41, 5.74) is 3.11. The van der Waals surface area contributed by atoms with Gasteiger partial charge in [-0.25, -0.2) is 4.39 Å². The van der Waals surface area contributed by atoms with E-state index in [1.54, 1.807) is 24.0 Å². The fraction of sp³-hybridized carbons (Fsp3) is 0.389. The molecular formula is C18H21FN4O2. The Morgan fingerprint density at radius 2 is 2.08 bits per heavy atom. The Labute approximate surface area is 145 Å². The lowest BCUT2D eigenvalue weighted by Gasteiger charge is -2.24. The number of nitrogens with one attached hydrogen (secondary N) is 2. The van der Waals surface area contributed by atoms with Crippen molar-refractivity contribution >= 4 is 17.5 Å². The van der Waals surface area contributed by atoms with E-state index in [0.29, 0.717) is 12.1 Å². The number of benzene rings is 1. The Kier molecular flexibility index (Phi) is 4.57. The molecule has 0 bridgehead atoms. The molecule has 2 heterocycles. The molecule has 2 amide bonds. The Balaban J connectivity index is 1.80. The summed E-state index contributed by atoms with van der Waals surface area (Å²) in [6.07, 6.45) is 1.59. The van der Waals surface area contributed by atoms with Crippen molar-refractivity contribution in [2.75, 3.05) is 11.9 Å². The zero-order chi connectivity index (χ0) is 18.1. The van der Waals surface area contributed by atoms with Gasteiger partial charge in [-0.1, -0.05) is 12.1 Å². The highest BCUT2D eigenvalue weighted by molar-refractivity contribution is 6.39. The summed E-state index contributed by atoms with van der Waals surface area (Å²) in [7, 11) is 0. The van der Waals surface area contributed by atoms with E-state index in [4.69, 9.17) is 0 Å². The molecule has 6 nitrogen and oxygen atoms in total. The minimum atomic E-state index is -0.824. The van der Waals surface area contributed by atoms with Crippen molar-refractivity contribution in [3.8, 4) is 0 Å². The van der Waals surface area contributed by atoms with Crippen molar-refractivity contribution in [3.05, 3.63) is 46.5 Å². The number of aromatic nitrogens is 2. The number of H-pyrrole nitrogens is 1. The monoisotopic (exact) mass is 344 g/mol. The van der Waals surface area contributed by atoms with Crippen molar-refractivity contribution in [2.24, 2.45) is 0 Å². The van der Waals surface area contributed by atoms with E-state index in [2.05, 4.69) is 15.5 Å². The minimum Gasteiger partial charge on any atom is -0.327 e. The predicted molar refractivity (Wildman–Crippen MR) is 91.5 cm³/mol. The average molecular weight is 344 g/mol. The number of rotatable bonds is 2. The molecule has 132 valence electrons. The van der Waals surface area contributed by atoms with Crippen LogP contribution in [0.1, 0.15) is 41.4 Å². The van der Waals surface area contributed by atoms with E-state index in [9.17, 15) is 14.0 Å². The molecule has 1 fully saturated rings. The number of aryl methyl sites for hydroxylation is 3. The van der Waals surface area contributed by atoms with Crippen LogP contribution >= 0.6 is 0 Å². The number of likely N-dealkylation sites (tertiary alicyclic amines) is 1. The molecule has 1 aromatic carbocycles. The van der Waals surface area contributed by atoms with E-state index >= 15 is 0 Å². The second-order valence-corrected chi connectivity index (χ2v) is 6.39. The normalized spacial score (nSPS) is 17.0. The van der Waals surface area contributed by atoms with Crippen molar-refractivity contribution in [2.45, 2.75) is 39.7 Å². The first-order chi connectivity index (χ1) is 11.9. The van der Waals surface area contributed by atoms with Gasteiger partial charge in [-0.2, -0.15) is 5.10 Å². The number of aromatic amines is 1. The Morgan fingerprint density at radius 1 is 1.32 bits per heavy atom. The third kappa shape index (κ3) is 3.14. The second-order valence-electron chi connectivity index (χ2n) is 6.39. The van der Waals surface area contributed by atoms with Gasteiger partial charge in [-0.05, 0) is 45.2 Å². The fourth-order valence-electron chi connectivity index (χ4n) is 3.41. The average Bonchev–Trinajstić information content (AvgIpc) is 3.17. The smallest absolute Gasteiger partial charge is 0.314 e. The van der Waals surface area contributed by atoms with Crippen molar-refractivity contribution in [1.82, 2.24) is 15.1 Å². The van der Waals surface area contributed by atoms with Gasteiger partial charge in [-0.3, -0.25) is 14.7 Å². The molecule has 1 aliphatic rings. The molecule has 1 aromatic heterocycles. The quantitative estimate of drug-likeness (QED) is 0.822. The van der Waals surface area contributed by atoms with Crippen LogP contribution in [0.4, 0.5) is 10.1 Å². The van der Waals surface area contributed by atoms with Crippen LogP contribution in [0.2, 0.25) is 0 Å². The van der Waals surface area contributed by atoms with Crippen LogP contribution in [0.5, 0.6) is 0 Å². The lowest BCUT2D eigenvalue weighted by molar-refractivity contribution is -0.143. The molecule has 7 heteroatoms. The third-order valence-electron chi connectivity index (χ3n) is 4.67. The number of carbonyl (C=O) groups excluding carboxylic acids is 2. The number of anilines is 1. The molecule has 3 rings (SSSR count). The summed E-state index contributed by atoms with van der Waals surface area (Å²) in [6.45, 7) is 5.88. The summed E-state index contributed by atoms with van der Waals surface area (Å²) >= 11 is 0. The molecule has 0 spiro atoms. The van der Waals surface area contributed by atoms with Crippen molar-refractivity contribution in [1.29, 1.82) is 0 Å². The second kappa shape index (κ2) is 6.66. The molecular weight excluding hydrogens is 323 g/mol. The molecule has 25 heavy (non-hydrogen) atoms. The van der Waals surface area contributed by atoms with Crippen molar-refractivity contribution < 1.29 is 14.0 Å². The number of hydrogen-bond acceptors (Lipinski definition) is 3. The number of amides is 2. The molecule has 1 aliphatic heterocycles. The molecule has 0 aliphatic carbocycles. The highest BCUT2D eigenvalue weighted by Crippen LogP contribution is 2.35. The summed E-state index contributed by atoms with van der Waals surface area (Å²) < 4.78 is 14.1.